The van der Waals surface area contributed by atoms with E-state index in [0.717, 1.165) is 12.1 Å². The summed E-state index contributed by atoms with van der Waals surface area (Å²) in [5.41, 5.74) is 0.126. The predicted molar refractivity (Wildman–Crippen MR) is 48.4 cm³/mol. The number of phenols is 1. The van der Waals surface area contributed by atoms with E-state index < -0.39 is 23.4 Å². The van der Waals surface area contributed by atoms with Crippen LogP contribution in [0.15, 0.2) is 12.1 Å². The number of rotatable bonds is 3. The molecule has 0 saturated carbocycles. The van der Waals surface area contributed by atoms with E-state index in [9.17, 15) is 13.6 Å². The van der Waals surface area contributed by atoms with Gasteiger partial charge >= 0.3 is 5.97 Å². The molecule has 0 bridgehead atoms. The number of hydrogen-bond donors (Lipinski definition) is 1. The highest BCUT2D eigenvalue weighted by Crippen LogP contribution is 2.21. The minimum Gasteiger partial charge on any atom is -0.503 e. The third kappa shape index (κ3) is 2.90. The maximum absolute atomic E-state index is 12.8. The van der Waals surface area contributed by atoms with Crippen molar-refractivity contribution in [2.45, 2.75) is 13.3 Å². The smallest absolute Gasteiger partial charge is 0.310 e. The number of halogens is 2. The van der Waals surface area contributed by atoms with Gasteiger partial charge < -0.3 is 9.84 Å². The first-order valence-electron chi connectivity index (χ1n) is 4.37. The summed E-state index contributed by atoms with van der Waals surface area (Å²) in [7, 11) is 0. The standard InChI is InChI=1S/C10H10F2O3/c1-2-15-9(13)5-6-3-7(11)10(14)8(12)4-6/h3-4,14H,2,5H2,1H3. The third-order valence-electron chi connectivity index (χ3n) is 1.73. The average molecular weight is 216 g/mol. The number of carbonyl (C=O) groups is 1. The number of hydrogen-bond acceptors (Lipinski definition) is 3. The van der Waals surface area contributed by atoms with Crippen LogP contribution in [0.3, 0.4) is 0 Å². The van der Waals surface area contributed by atoms with Crippen LogP contribution in [0.1, 0.15) is 12.5 Å². The molecule has 15 heavy (non-hydrogen) atoms. The number of ether oxygens (including phenoxy) is 1. The quantitative estimate of drug-likeness (QED) is 0.783. The second-order valence-electron chi connectivity index (χ2n) is 2.89. The van der Waals surface area contributed by atoms with Crippen molar-refractivity contribution in [1.29, 1.82) is 0 Å². The first-order valence-corrected chi connectivity index (χ1v) is 4.37. The third-order valence-corrected chi connectivity index (χ3v) is 1.73. The summed E-state index contributed by atoms with van der Waals surface area (Å²) in [6.07, 6.45) is -0.220. The van der Waals surface area contributed by atoms with Gasteiger partial charge in [-0.15, -0.1) is 0 Å². The van der Waals surface area contributed by atoms with Crippen LogP contribution in [0, 0.1) is 11.6 Å². The minimum absolute atomic E-state index is 0.126. The molecule has 0 aliphatic heterocycles. The number of phenolic OH excluding ortho intramolecular Hbond substituents is 1. The highest BCUT2D eigenvalue weighted by Gasteiger charge is 2.12. The highest BCUT2D eigenvalue weighted by atomic mass is 19.1. The molecule has 1 rings (SSSR count). The number of esters is 1. The van der Waals surface area contributed by atoms with Gasteiger partial charge in [-0.2, -0.15) is 0 Å². The molecule has 0 saturated heterocycles. The fraction of sp³-hybridized carbons (Fsp3) is 0.300. The van der Waals surface area contributed by atoms with E-state index in [4.69, 9.17) is 5.11 Å². The lowest BCUT2D eigenvalue weighted by Gasteiger charge is -2.03. The van der Waals surface area contributed by atoms with Gasteiger partial charge in [-0.1, -0.05) is 0 Å². The van der Waals surface area contributed by atoms with Gasteiger partial charge in [-0.3, -0.25) is 4.79 Å². The van der Waals surface area contributed by atoms with Crippen LogP contribution in [-0.2, 0) is 16.0 Å². The minimum atomic E-state index is -1.09. The Morgan fingerprint density at radius 2 is 1.93 bits per heavy atom. The molecule has 0 unspecified atom stereocenters. The molecule has 5 heteroatoms. The van der Waals surface area contributed by atoms with Gasteiger partial charge in [0.1, 0.15) is 0 Å². The van der Waals surface area contributed by atoms with E-state index >= 15 is 0 Å². The molecule has 3 nitrogen and oxygen atoms in total. The Bertz CT molecular complexity index is 354. The zero-order valence-electron chi connectivity index (χ0n) is 8.09. The summed E-state index contributed by atoms with van der Waals surface area (Å²) in [6, 6.07) is 1.80. The van der Waals surface area contributed by atoms with Gasteiger partial charge in [0, 0.05) is 0 Å². The van der Waals surface area contributed by atoms with Crippen molar-refractivity contribution in [2.24, 2.45) is 0 Å². The summed E-state index contributed by atoms with van der Waals surface area (Å²) in [5, 5.41) is 8.80. The normalized spacial score (nSPS) is 10.1. The lowest BCUT2D eigenvalue weighted by Crippen LogP contribution is -2.08. The van der Waals surface area contributed by atoms with Crippen molar-refractivity contribution >= 4 is 5.97 Å². The van der Waals surface area contributed by atoms with Crippen molar-refractivity contribution in [1.82, 2.24) is 0 Å². The van der Waals surface area contributed by atoms with E-state index in [1.54, 1.807) is 6.92 Å². The van der Waals surface area contributed by atoms with E-state index in [1.807, 2.05) is 0 Å². The molecule has 1 aromatic rings. The summed E-state index contributed by atoms with van der Waals surface area (Å²) >= 11 is 0. The Morgan fingerprint density at radius 3 is 2.40 bits per heavy atom. The topological polar surface area (TPSA) is 46.5 Å². The van der Waals surface area contributed by atoms with E-state index in [-0.39, 0.29) is 18.6 Å². The van der Waals surface area contributed by atoms with Crippen LogP contribution < -0.4 is 0 Å². The van der Waals surface area contributed by atoms with Crippen molar-refractivity contribution in [2.75, 3.05) is 6.61 Å². The van der Waals surface area contributed by atoms with Crippen molar-refractivity contribution in [3.63, 3.8) is 0 Å². The fourth-order valence-corrected chi connectivity index (χ4v) is 1.10. The lowest BCUT2D eigenvalue weighted by atomic mass is 10.1. The van der Waals surface area contributed by atoms with E-state index in [0.29, 0.717) is 0 Å². The van der Waals surface area contributed by atoms with E-state index in [2.05, 4.69) is 4.74 Å². The maximum atomic E-state index is 12.8. The summed E-state index contributed by atoms with van der Waals surface area (Å²) < 4.78 is 30.3. The first-order chi connectivity index (χ1) is 7.04. The van der Waals surface area contributed by atoms with E-state index in [1.165, 1.54) is 0 Å². The molecule has 0 aliphatic carbocycles. The summed E-state index contributed by atoms with van der Waals surface area (Å²) in [4.78, 5) is 11.0. The molecule has 0 amide bonds. The molecule has 0 radical (unpaired) electrons. The van der Waals surface area contributed by atoms with Crippen molar-refractivity contribution in [3.05, 3.63) is 29.3 Å². The first kappa shape index (κ1) is 11.4. The van der Waals surface area contributed by atoms with Gasteiger partial charge in [0.2, 0.25) is 0 Å². The summed E-state index contributed by atoms with van der Waals surface area (Å²) in [6.45, 7) is 1.85. The van der Waals surface area contributed by atoms with Gasteiger partial charge in [0.05, 0.1) is 13.0 Å². The van der Waals surface area contributed by atoms with Crippen LogP contribution in [0.25, 0.3) is 0 Å². The number of benzene rings is 1. The molecule has 82 valence electrons. The highest BCUT2D eigenvalue weighted by molar-refractivity contribution is 5.72. The zero-order valence-corrected chi connectivity index (χ0v) is 8.09. The largest absolute Gasteiger partial charge is 0.503 e. The molecular weight excluding hydrogens is 206 g/mol. The Morgan fingerprint density at radius 1 is 1.40 bits per heavy atom. The lowest BCUT2D eigenvalue weighted by molar-refractivity contribution is -0.142. The van der Waals surface area contributed by atoms with Crippen LogP contribution in [0.2, 0.25) is 0 Å². The molecule has 0 fully saturated rings. The Labute approximate surface area is 85.3 Å². The van der Waals surface area contributed by atoms with Gasteiger partial charge in [0.25, 0.3) is 0 Å². The van der Waals surface area contributed by atoms with Crippen LogP contribution in [-0.4, -0.2) is 17.7 Å². The Balaban J connectivity index is 2.83. The molecule has 1 N–H and O–H groups in total. The van der Waals surface area contributed by atoms with Crippen LogP contribution >= 0.6 is 0 Å². The second-order valence-corrected chi connectivity index (χ2v) is 2.89. The van der Waals surface area contributed by atoms with Crippen molar-refractivity contribution < 1.29 is 23.4 Å². The van der Waals surface area contributed by atoms with Gasteiger partial charge in [-0.25, -0.2) is 8.78 Å². The molecule has 0 atom stereocenters. The summed E-state index contributed by atoms with van der Waals surface area (Å²) in [5.74, 6) is -3.78. The molecule has 0 aliphatic rings. The molecular formula is C10H10F2O3. The molecule has 1 aromatic carbocycles. The molecule has 0 heterocycles. The number of carbonyl (C=O) groups excluding carboxylic acids is 1. The predicted octanol–water partition coefficient (Wildman–Crippen LogP) is 1.78. The van der Waals surface area contributed by atoms with Crippen molar-refractivity contribution in [3.8, 4) is 5.75 Å². The van der Waals surface area contributed by atoms with Gasteiger partial charge in [0.15, 0.2) is 17.4 Å². The molecule has 0 aromatic heterocycles. The average Bonchev–Trinajstić information content (AvgIpc) is 2.14. The maximum Gasteiger partial charge on any atom is 0.310 e. The fourth-order valence-electron chi connectivity index (χ4n) is 1.10. The Kier molecular flexibility index (Phi) is 3.60. The van der Waals surface area contributed by atoms with Gasteiger partial charge in [-0.05, 0) is 24.6 Å². The Hall–Kier alpha value is -1.65. The zero-order chi connectivity index (χ0) is 11.4. The second kappa shape index (κ2) is 4.72. The number of aromatic hydroxyl groups is 1. The molecule has 0 spiro atoms. The SMILES string of the molecule is CCOC(=O)Cc1cc(F)c(O)c(F)c1. The van der Waals surface area contributed by atoms with Crippen LogP contribution in [0.5, 0.6) is 5.75 Å². The monoisotopic (exact) mass is 216 g/mol. The van der Waals surface area contributed by atoms with Crippen LogP contribution in [0.4, 0.5) is 8.78 Å².